The summed E-state index contributed by atoms with van der Waals surface area (Å²) in [7, 11) is 1.56. The van der Waals surface area contributed by atoms with Crippen LogP contribution in [0.4, 0.5) is 5.95 Å². The van der Waals surface area contributed by atoms with Crippen LogP contribution in [0.1, 0.15) is 39.0 Å². The van der Waals surface area contributed by atoms with Crippen molar-refractivity contribution in [2.45, 2.75) is 39.0 Å². The Morgan fingerprint density at radius 1 is 1.45 bits per heavy atom. The SMILES string of the molecule is CCCC(CCNc1nccc(OC)n1)CCC(=O)O. The van der Waals surface area contributed by atoms with Crippen molar-refractivity contribution >= 4 is 11.9 Å². The molecule has 0 amide bonds. The Hall–Kier alpha value is -1.85. The van der Waals surface area contributed by atoms with Crippen molar-refractivity contribution in [2.24, 2.45) is 5.92 Å². The van der Waals surface area contributed by atoms with Crippen LogP contribution in [0.25, 0.3) is 0 Å². The van der Waals surface area contributed by atoms with Gasteiger partial charge < -0.3 is 15.2 Å². The molecule has 1 rings (SSSR count). The third-order valence-corrected chi connectivity index (χ3v) is 3.14. The van der Waals surface area contributed by atoms with Crippen LogP contribution in [-0.2, 0) is 4.79 Å². The molecule has 0 saturated carbocycles. The first-order chi connectivity index (χ1) is 9.65. The summed E-state index contributed by atoms with van der Waals surface area (Å²) >= 11 is 0. The number of aliphatic carboxylic acids is 1. The first-order valence-electron chi connectivity index (χ1n) is 6.98. The number of rotatable bonds is 10. The fourth-order valence-corrected chi connectivity index (χ4v) is 2.10. The van der Waals surface area contributed by atoms with Gasteiger partial charge in [0, 0.05) is 25.2 Å². The zero-order valence-corrected chi connectivity index (χ0v) is 12.1. The molecule has 6 heteroatoms. The Kier molecular flexibility index (Phi) is 7.39. The fraction of sp³-hybridized carbons (Fsp3) is 0.643. The van der Waals surface area contributed by atoms with Crippen LogP contribution in [0.15, 0.2) is 12.3 Å². The minimum absolute atomic E-state index is 0.236. The number of anilines is 1. The van der Waals surface area contributed by atoms with Crippen molar-refractivity contribution in [3.8, 4) is 5.88 Å². The minimum Gasteiger partial charge on any atom is -0.481 e. The maximum Gasteiger partial charge on any atom is 0.303 e. The summed E-state index contributed by atoms with van der Waals surface area (Å²) < 4.78 is 5.03. The highest BCUT2D eigenvalue weighted by Crippen LogP contribution is 2.18. The normalized spacial score (nSPS) is 11.9. The monoisotopic (exact) mass is 281 g/mol. The van der Waals surface area contributed by atoms with E-state index in [4.69, 9.17) is 9.84 Å². The molecular formula is C14H23N3O3. The molecule has 1 unspecified atom stereocenters. The van der Waals surface area contributed by atoms with Gasteiger partial charge in [-0.05, 0) is 18.8 Å². The van der Waals surface area contributed by atoms with Crippen LogP contribution in [0, 0.1) is 5.92 Å². The van der Waals surface area contributed by atoms with Crippen LogP contribution in [0.5, 0.6) is 5.88 Å². The van der Waals surface area contributed by atoms with Gasteiger partial charge in [-0.2, -0.15) is 4.98 Å². The minimum atomic E-state index is -0.727. The molecule has 0 aliphatic heterocycles. The van der Waals surface area contributed by atoms with Crippen LogP contribution < -0.4 is 10.1 Å². The number of hydrogen-bond acceptors (Lipinski definition) is 5. The van der Waals surface area contributed by atoms with E-state index in [1.807, 2.05) is 0 Å². The maximum atomic E-state index is 10.6. The topological polar surface area (TPSA) is 84.3 Å². The Labute approximate surface area is 119 Å². The third-order valence-electron chi connectivity index (χ3n) is 3.14. The Balaban J connectivity index is 2.36. The molecule has 0 fully saturated rings. The second-order valence-corrected chi connectivity index (χ2v) is 4.73. The van der Waals surface area contributed by atoms with Crippen molar-refractivity contribution in [2.75, 3.05) is 19.0 Å². The van der Waals surface area contributed by atoms with Crippen molar-refractivity contribution in [1.82, 2.24) is 9.97 Å². The van der Waals surface area contributed by atoms with Gasteiger partial charge in [0.15, 0.2) is 0 Å². The zero-order chi connectivity index (χ0) is 14.8. The quantitative estimate of drug-likeness (QED) is 0.685. The van der Waals surface area contributed by atoms with Gasteiger partial charge >= 0.3 is 5.97 Å². The second-order valence-electron chi connectivity index (χ2n) is 4.73. The molecule has 0 aliphatic rings. The summed E-state index contributed by atoms with van der Waals surface area (Å²) in [5.41, 5.74) is 0. The van der Waals surface area contributed by atoms with Crippen molar-refractivity contribution in [3.05, 3.63) is 12.3 Å². The second kappa shape index (κ2) is 9.12. The molecule has 0 aliphatic carbocycles. The number of nitrogens with one attached hydrogen (secondary N) is 1. The van der Waals surface area contributed by atoms with Gasteiger partial charge in [0.05, 0.1) is 7.11 Å². The Morgan fingerprint density at radius 2 is 2.25 bits per heavy atom. The summed E-state index contributed by atoms with van der Waals surface area (Å²) in [4.78, 5) is 18.9. The number of carbonyl (C=O) groups is 1. The van der Waals surface area contributed by atoms with Gasteiger partial charge in [-0.15, -0.1) is 0 Å². The van der Waals surface area contributed by atoms with E-state index in [-0.39, 0.29) is 6.42 Å². The zero-order valence-electron chi connectivity index (χ0n) is 12.1. The van der Waals surface area contributed by atoms with Crippen LogP contribution in [-0.4, -0.2) is 34.7 Å². The smallest absolute Gasteiger partial charge is 0.303 e. The first kappa shape index (κ1) is 16.2. The number of aromatic nitrogens is 2. The molecule has 0 bridgehead atoms. The average Bonchev–Trinajstić information content (AvgIpc) is 2.45. The van der Waals surface area contributed by atoms with Gasteiger partial charge in [-0.1, -0.05) is 19.8 Å². The van der Waals surface area contributed by atoms with E-state index in [0.29, 0.717) is 17.7 Å². The number of hydrogen-bond donors (Lipinski definition) is 2. The lowest BCUT2D eigenvalue weighted by Crippen LogP contribution is -2.12. The Bertz CT molecular complexity index is 412. The molecule has 0 spiro atoms. The first-order valence-corrected chi connectivity index (χ1v) is 6.98. The number of carboxylic acid groups (broad SMARTS) is 1. The van der Waals surface area contributed by atoms with E-state index < -0.39 is 5.97 Å². The molecule has 6 nitrogen and oxygen atoms in total. The van der Waals surface area contributed by atoms with Crippen molar-refractivity contribution in [3.63, 3.8) is 0 Å². The molecule has 20 heavy (non-hydrogen) atoms. The lowest BCUT2D eigenvalue weighted by Gasteiger charge is -2.15. The van der Waals surface area contributed by atoms with E-state index in [0.717, 1.165) is 32.2 Å². The number of ether oxygens (including phenoxy) is 1. The molecule has 0 radical (unpaired) electrons. The Morgan fingerprint density at radius 3 is 2.90 bits per heavy atom. The molecule has 1 atom stereocenters. The highest BCUT2D eigenvalue weighted by atomic mass is 16.5. The summed E-state index contributed by atoms with van der Waals surface area (Å²) in [6.45, 7) is 2.85. The number of carboxylic acids is 1. The molecule has 1 heterocycles. The largest absolute Gasteiger partial charge is 0.481 e. The van der Waals surface area contributed by atoms with Gasteiger partial charge in [-0.3, -0.25) is 4.79 Å². The number of methoxy groups -OCH3 is 1. The number of nitrogens with zero attached hydrogens (tertiary/aromatic N) is 2. The average molecular weight is 281 g/mol. The van der Waals surface area contributed by atoms with Gasteiger partial charge in [0.2, 0.25) is 11.8 Å². The highest BCUT2D eigenvalue weighted by Gasteiger charge is 2.10. The molecule has 1 aromatic heterocycles. The van der Waals surface area contributed by atoms with E-state index in [9.17, 15) is 4.79 Å². The van der Waals surface area contributed by atoms with E-state index in [1.165, 1.54) is 0 Å². The van der Waals surface area contributed by atoms with Gasteiger partial charge in [-0.25, -0.2) is 4.98 Å². The van der Waals surface area contributed by atoms with Crippen LogP contribution in [0.3, 0.4) is 0 Å². The molecule has 1 aromatic rings. The summed E-state index contributed by atoms with van der Waals surface area (Å²) in [6.07, 6.45) is 5.64. The lowest BCUT2D eigenvalue weighted by atomic mass is 9.94. The highest BCUT2D eigenvalue weighted by molar-refractivity contribution is 5.66. The lowest BCUT2D eigenvalue weighted by molar-refractivity contribution is -0.137. The van der Waals surface area contributed by atoms with E-state index in [2.05, 4.69) is 22.2 Å². The molecule has 2 N–H and O–H groups in total. The predicted molar refractivity (Wildman–Crippen MR) is 77.0 cm³/mol. The standard InChI is InChI=1S/C14H23N3O3/c1-3-4-11(5-6-13(18)19)7-9-15-14-16-10-8-12(17-14)20-2/h8,10-11H,3-7,9H2,1-2H3,(H,18,19)(H,15,16,17). The molecule has 112 valence electrons. The third kappa shape index (κ3) is 6.36. The molecule has 0 saturated heterocycles. The predicted octanol–water partition coefficient (Wildman–Crippen LogP) is 2.57. The van der Waals surface area contributed by atoms with E-state index in [1.54, 1.807) is 19.4 Å². The van der Waals surface area contributed by atoms with Crippen LogP contribution >= 0.6 is 0 Å². The summed E-state index contributed by atoms with van der Waals surface area (Å²) in [5.74, 6) is 0.765. The fourth-order valence-electron chi connectivity index (χ4n) is 2.10. The summed E-state index contributed by atoms with van der Waals surface area (Å²) in [6, 6.07) is 1.69. The molecular weight excluding hydrogens is 258 g/mol. The van der Waals surface area contributed by atoms with Gasteiger partial charge in [0.25, 0.3) is 0 Å². The summed E-state index contributed by atoms with van der Waals surface area (Å²) in [5, 5.41) is 11.9. The van der Waals surface area contributed by atoms with Gasteiger partial charge in [0.1, 0.15) is 0 Å². The van der Waals surface area contributed by atoms with Crippen molar-refractivity contribution in [1.29, 1.82) is 0 Å². The van der Waals surface area contributed by atoms with E-state index >= 15 is 0 Å². The van der Waals surface area contributed by atoms with Crippen molar-refractivity contribution < 1.29 is 14.6 Å². The molecule has 0 aromatic carbocycles. The van der Waals surface area contributed by atoms with Crippen LogP contribution in [0.2, 0.25) is 0 Å². The maximum absolute atomic E-state index is 10.6.